The smallest absolute Gasteiger partial charge is 0.274 e. The van der Waals surface area contributed by atoms with E-state index in [0.29, 0.717) is 27.8 Å². The van der Waals surface area contributed by atoms with Crippen molar-refractivity contribution in [3.05, 3.63) is 71.8 Å². The van der Waals surface area contributed by atoms with E-state index in [1.807, 2.05) is 6.26 Å². The quantitative estimate of drug-likeness (QED) is 0.662. The highest BCUT2D eigenvalue weighted by Gasteiger charge is 2.18. The Morgan fingerprint density at radius 1 is 1.04 bits per heavy atom. The third-order valence-corrected chi connectivity index (χ3v) is 4.51. The number of hydrogen-bond acceptors (Lipinski definition) is 4. The van der Waals surface area contributed by atoms with E-state index in [1.165, 1.54) is 30.1 Å². The molecular formula is C19H17FN4O2S. The van der Waals surface area contributed by atoms with Crippen LogP contribution in [0.5, 0.6) is 0 Å². The number of nitrogens with one attached hydrogen (secondary N) is 2. The molecule has 0 bridgehead atoms. The largest absolute Gasteiger partial charge is 0.355 e. The fraction of sp³-hybridized carbons (Fsp3) is 0.105. The lowest BCUT2D eigenvalue weighted by Gasteiger charge is -2.11. The van der Waals surface area contributed by atoms with Crippen molar-refractivity contribution in [3.63, 3.8) is 0 Å². The van der Waals surface area contributed by atoms with Crippen molar-refractivity contribution in [3.8, 4) is 5.69 Å². The molecule has 2 amide bonds. The molecule has 0 aliphatic rings. The summed E-state index contributed by atoms with van der Waals surface area (Å²) in [4.78, 5) is 28.6. The van der Waals surface area contributed by atoms with E-state index < -0.39 is 0 Å². The first-order valence-corrected chi connectivity index (χ1v) is 9.27. The summed E-state index contributed by atoms with van der Waals surface area (Å²) in [6.45, 7) is 0. The lowest BCUT2D eigenvalue weighted by atomic mass is 10.2. The van der Waals surface area contributed by atoms with Gasteiger partial charge in [-0.1, -0.05) is 11.8 Å². The van der Waals surface area contributed by atoms with Gasteiger partial charge in [-0.2, -0.15) is 0 Å². The number of thioether (sulfide) groups is 1. The molecule has 0 aliphatic heterocycles. The van der Waals surface area contributed by atoms with Crippen molar-refractivity contribution < 1.29 is 14.0 Å². The summed E-state index contributed by atoms with van der Waals surface area (Å²) in [5, 5.41) is 5.94. The number of rotatable bonds is 5. The van der Waals surface area contributed by atoms with Crippen molar-refractivity contribution in [1.82, 2.24) is 14.9 Å². The van der Waals surface area contributed by atoms with Crippen LogP contribution in [-0.2, 0) is 0 Å². The molecule has 1 heterocycles. The summed E-state index contributed by atoms with van der Waals surface area (Å²) in [6.07, 6.45) is 3.32. The number of imidazole rings is 1. The van der Waals surface area contributed by atoms with Gasteiger partial charge < -0.3 is 10.6 Å². The standard InChI is InChI=1S/C19H17FN4O2S/c1-21-17(25)12-3-7-14(8-4-12)23-18(26)16-11-22-19(27-2)24(16)15-9-5-13(20)6-10-15/h3-11H,1-2H3,(H,21,25)(H,23,26). The van der Waals surface area contributed by atoms with Crippen molar-refractivity contribution in [2.24, 2.45) is 0 Å². The van der Waals surface area contributed by atoms with Crippen LogP contribution < -0.4 is 10.6 Å². The minimum Gasteiger partial charge on any atom is -0.355 e. The van der Waals surface area contributed by atoms with Gasteiger partial charge in [-0.25, -0.2) is 9.37 Å². The summed E-state index contributed by atoms with van der Waals surface area (Å²) < 4.78 is 14.9. The van der Waals surface area contributed by atoms with Crippen LogP contribution in [0.25, 0.3) is 5.69 Å². The van der Waals surface area contributed by atoms with Gasteiger partial charge in [-0.05, 0) is 54.8 Å². The Balaban J connectivity index is 1.88. The number of halogens is 1. The molecule has 0 radical (unpaired) electrons. The first kappa shape index (κ1) is 18.7. The molecule has 0 fully saturated rings. The molecule has 3 aromatic rings. The van der Waals surface area contributed by atoms with Crippen LogP contribution in [-0.4, -0.2) is 34.7 Å². The predicted molar refractivity (Wildman–Crippen MR) is 103 cm³/mol. The Labute approximate surface area is 159 Å². The molecule has 0 unspecified atom stereocenters. The molecule has 0 atom stereocenters. The number of carbonyl (C=O) groups excluding carboxylic acids is 2. The Morgan fingerprint density at radius 2 is 1.70 bits per heavy atom. The zero-order valence-electron chi connectivity index (χ0n) is 14.7. The molecule has 0 saturated carbocycles. The fourth-order valence-corrected chi connectivity index (χ4v) is 3.07. The topological polar surface area (TPSA) is 76.0 Å². The molecule has 0 aliphatic carbocycles. The van der Waals surface area contributed by atoms with E-state index in [2.05, 4.69) is 15.6 Å². The number of anilines is 1. The number of carbonyl (C=O) groups is 2. The van der Waals surface area contributed by atoms with E-state index in [0.717, 1.165) is 0 Å². The summed E-state index contributed by atoms with van der Waals surface area (Å²) in [5.41, 5.74) is 2.00. The first-order chi connectivity index (χ1) is 13.0. The molecule has 3 rings (SSSR count). The highest BCUT2D eigenvalue weighted by molar-refractivity contribution is 7.98. The summed E-state index contributed by atoms with van der Waals surface area (Å²) >= 11 is 1.38. The molecule has 2 aromatic carbocycles. The van der Waals surface area contributed by atoms with Crippen LogP contribution in [0.15, 0.2) is 59.9 Å². The van der Waals surface area contributed by atoms with Gasteiger partial charge in [0, 0.05) is 24.0 Å². The molecule has 1 aromatic heterocycles. The van der Waals surface area contributed by atoms with Crippen LogP contribution in [0.4, 0.5) is 10.1 Å². The second-order valence-corrected chi connectivity index (χ2v) is 6.33. The van der Waals surface area contributed by atoms with Crippen LogP contribution in [0.2, 0.25) is 0 Å². The third-order valence-electron chi connectivity index (χ3n) is 3.86. The first-order valence-electron chi connectivity index (χ1n) is 8.04. The molecule has 0 saturated heterocycles. The average Bonchev–Trinajstić information content (AvgIpc) is 3.13. The second kappa shape index (κ2) is 8.05. The SMILES string of the molecule is CNC(=O)c1ccc(NC(=O)c2cnc(SC)n2-c2ccc(F)cc2)cc1. The van der Waals surface area contributed by atoms with E-state index in [4.69, 9.17) is 0 Å². The van der Waals surface area contributed by atoms with Crippen LogP contribution in [0, 0.1) is 5.82 Å². The third kappa shape index (κ3) is 4.01. The lowest BCUT2D eigenvalue weighted by Crippen LogP contribution is -2.18. The van der Waals surface area contributed by atoms with Crippen molar-refractivity contribution in [2.45, 2.75) is 5.16 Å². The summed E-state index contributed by atoms with van der Waals surface area (Å²) in [7, 11) is 1.55. The molecule has 27 heavy (non-hydrogen) atoms. The number of hydrogen-bond donors (Lipinski definition) is 2. The van der Waals surface area contributed by atoms with Crippen molar-refractivity contribution >= 4 is 29.3 Å². The van der Waals surface area contributed by atoms with Crippen molar-refractivity contribution in [1.29, 1.82) is 0 Å². The number of nitrogens with zero attached hydrogens (tertiary/aromatic N) is 2. The summed E-state index contributed by atoms with van der Waals surface area (Å²) in [5.74, 6) is -0.918. The lowest BCUT2D eigenvalue weighted by molar-refractivity contribution is 0.0962. The Hall–Kier alpha value is -3.13. The van der Waals surface area contributed by atoms with Gasteiger partial charge in [0.25, 0.3) is 11.8 Å². The molecule has 138 valence electrons. The molecule has 2 N–H and O–H groups in total. The van der Waals surface area contributed by atoms with E-state index in [9.17, 15) is 14.0 Å². The highest BCUT2D eigenvalue weighted by Crippen LogP contribution is 2.23. The second-order valence-electron chi connectivity index (χ2n) is 5.55. The van der Waals surface area contributed by atoms with Crippen LogP contribution in [0.3, 0.4) is 0 Å². The Morgan fingerprint density at radius 3 is 2.30 bits per heavy atom. The average molecular weight is 384 g/mol. The van der Waals surface area contributed by atoms with Gasteiger partial charge in [-0.15, -0.1) is 0 Å². The Bertz CT molecular complexity index is 968. The summed E-state index contributed by atoms with van der Waals surface area (Å²) in [6, 6.07) is 12.4. The number of aromatic nitrogens is 2. The number of amides is 2. The molecule has 0 spiro atoms. The number of benzene rings is 2. The van der Waals surface area contributed by atoms with Crippen LogP contribution in [0.1, 0.15) is 20.8 Å². The monoisotopic (exact) mass is 384 g/mol. The Kier molecular flexibility index (Phi) is 5.56. The maximum atomic E-state index is 13.2. The van der Waals surface area contributed by atoms with Gasteiger partial charge in [0.2, 0.25) is 0 Å². The zero-order valence-corrected chi connectivity index (χ0v) is 15.5. The van der Waals surface area contributed by atoms with E-state index in [1.54, 1.807) is 48.0 Å². The molecular weight excluding hydrogens is 367 g/mol. The maximum absolute atomic E-state index is 13.2. The molecule has 8 heteroatoms. The maximum Gasteiger partial charge on any atom is 0.274 e. The van der Waals surface area contributed by atoms with E-state index >= 15 is 0 Å². The highest BCUT2D eigenvalue weighted by atomic mass is 32.2. The fourth-order valence-electron chi connectivity index (χ4n) is 2.52. The van der Waals surface area contributed by atoms with Crippen LogP contribution >= 0.6 is 11.8 Å². The van der Waals surface area contributed by atoms with Gasteiger partial charge in [0.05, 0.1) is 6.20 Å². The van der Waals surface area contributed by atoms with Crippen molar-refractivity contribution in [2.75, 3.05) is 18.6 Å². The normalized spacial score (nSPS) is 10.5. The van der Waals surface area contributed by atoms with Gasteiger partial charge in [0.15, 0.2) is 5.16 Å². The van der Waals surface area contributed by atoms with E-state index in [-0.39, 0.29) is 17.6 Å². The minimum atomic E-state index is -0.361. The molecule has 6 nitrogen and oxygen atoms in total. The zero-order chi connectivity index (χ0) is 19.4. The predicted octanol–water partition coefficient (Wildman–Crippen LogP) is 3.35. The van der Waals surface area contributed by atoms with Gasteiger partial charge in [-0.3, -0.25) is 14.2 Å². The minimum absolute atomic E-state index is 0.202. The van der Waals surface area contributed by atoms with Gasteiger partial charge in [0.1, 0.15) is 11.5 Å². The van der Waals surface area contributed by atoms with Gasteiger partial charge >= 0.3 is 0 Å².